The van der Waals surface area contributed by atoms with Crippen molar-refractivity contribution in [2.45, 2.75) is 46.4 Å². The first kappa shape index (κ1) is 13.7. The van der Waals surface area contributed by atoms with Crippen LogP contribution in [0.15, 0.2) is 18.5 Å². The Labute approximate surface area is 112 Å². The summed E-state index contributed by atoms with van der Waals surface area (Å²) in [5.41, 5.74) is 1.54. The van der Waals surface area contributed by atoms with Gasteiger partial charge in [0.25, 0.3) is 0 Å². The van der Waals surface area contributed by atoms with Crippen LogP contribution in [-0.2, 0) is 19.6 Å². The van der Waals surface area contributed by atoms with Crippen LogP contribution in [-0.4, -0.2) is 19.6 Å². The molecule has 5 nitrogen and oxygen atoms in total. The van der Waals surface area contributed by atoms with Gasteiger partial charge >= 0.3 is 0 Å². The second kappa shape index (κ2) is 5.97. The Kier molecular flexibility index (Phi) is 4.31. The molecule has 6 heteroatoms. The number of nitrogens with one attached hydrogen (secondary N) is 1. The minimum atomic E-state index is -0.261. The standard InChI is InChI=1S/C13H20FN5/c1-4-18-13(14)11(8-16-18)7-15-9-12-5-6-19(17-12)10(2)3/h5-6,8,10,15H,4,7,9H2,1-3H3. The van der Waals surface area contributed by atoms with Gasteiger partial charge in [0.1, 0.15) is 0 Å². The number of nitrogens with zero attached hydrogens (tertiary/aromatic N) is 4. The van der Waals surface area contributed by atoms with Gasteiger partial charge in [-0.1, -0.05) is 0 Å². The molecule has 0 amide bonds. The molecule has 2 aromatic rings. The molecule has 0 aliphatic rings. The van der Waals surface area contributed by atoms with Crippen LogP contribution in [0.1, 0.15) is 38.1 Å². The zero-order valence-corrected chi connectivity index (χ0v) is 11.6. The van der Waals surface area contributed by atoms with Gasteiger partial charge in [0, 0.05) is 37.4 Å². The van der Waals surface area contributed by atoms with Crippen molar-refractivity contribution in [3.63, 3.8) is 0 Å². The molecule has 0 saturated carbocycles. The van der Waals surface area contributed by atoms with E-state index in [9.17, 15) is 4.39 Å². The zero-order valence-electron chi connectivity index (χ0n) is 11.6. The summed E-state index contributed by atoms with van der Waals surface area (Å²) in [6.45, 7) is 7.66. The Hall–Kier alpha value is -1.69. The van der Waals surface area contributed by atoms with Crippen LogP contribution in [0.2, 0.25) is 0 Å². The number of rotatable bonds is 6. The highest BCUT2D eigenvalue weighted by atomic mass is 19.1. The minimum absolute atomic E-state index is 0.261. The third-order valence-corrected chi connectivity index (χ3v) is 2.96. The lowest BCUT2D eigenvalue weighted by atomic mass is 10.3. The molecule has 1 N–H and O–H groups in total. The molecule has 0 atom stereocenters. The smallest absolute Gasteiger partial charge is 0.215 e. The van der Waals surface area contributed by atoms with E-state index in [2.05, 4.69) is 29.4 Å². The van der Waals surface area contributed by atoms with E-state index in [0.717, 1.165) is 5.69 Å². The van der Waals surface area contributed by atoms with Crippen LogP contribution in [0.3, 0.4) is 0 Å². The summed E-state index contributed by atoms with van der Waals surface area (Å²) in [5.74, 6) is -0.261. The molecule has 0 aliphatic heterocycles. The molecule has 19 heavy (non-hydrogen) atoms. The van der Waals surface area contributed by atoms with Crippen molar-refractivity contribution < 1.29 is 4.39 Å². The normalized spacial score (nSPS) is 11.4. The first-order valence-electron chi connectivity index (χ1n) is 6.56. The van der Waals surface area contributed by atoms with Gasteiger partial charge in [-0.05, 0) is 26.8 Å². The topological polar surface area (TPSA) is 47.7 Å². The molecule has 0 spiro atoms. The van der Waals surface area contributed by atoms with Crippen LogP contribution in [0.5, 0.6) is 0 Å². The fourth-order valence-corrected chi connectivity index (χ4v) is 1.83. The largest absolute Gasteiger partial charge is 0.307 e. The number of halogens is 1. The van der Waals surface area contributed by atoms with Gasteiger partial charge in [-0.15, -0.1) is 0 Å². The molecule has 0 fully saturated rings. The number of aryl methyl sites for hydroxylation is 1. The van der Waals surface area contributed by atoms with Crippen LogP contribution in [0.4, 0.5) is 4.39 Å². The molecule has 0 radical (unpaired) electrons. The van der Waals surface area contributed by atoms with Crippen molar-refractivity contribution >= 4 is 0 Å². The Bertz CT molecular complexity index is 529. The summed E-state index contributed by atoms with van der Waals surface area (Å²) in [7, 11) is 0. The highest BCUT2D eigenvalue weighted by molar-refractivity contribution is 5.07. The highest BCUT2D eigenvalue weighted by Crippen LogP contribution is 2.07. The predicted octanol–water partition coefficient (Wildman–Crippen LogP) is 2.11. The van der Waals surface area contributed by atoms with E-state index in [-0.39, 0.29) is 5.95 Å². The fraction of sp³-hybridized carbons (Fsp3) is 0.538. The summed E-state index contributed by atoms with van der Waals surface area (Å²) in [6.07, 6.45) is 3.52. The lowest BCUT2D eigenvalue weighted by Gasteiger charge is -2.04. The van der Waals surface area contributed by atoms with Gasteiger partial charge in [-0.25, -0.2) is 4.68 Å². The molecule has 0 bridgehead atoms. The average molecular weight is 265 g/mol. The second-order valence-electron chi connectivity index (χ2n) is 4.76. The molecule has 2 aromatic heterocycles. The van der Waals surface area contributed by atoms with Crippen molar-refractivity contribution in [3.05, 3.63) is 35.7 Å². The lowest BCUT2D eigenvalue weighted by molar-refractivity contribution is 0.460. The first-order chi connectivity index (χ1) is 9.11. The summed E-state index contributed by atoms with van der Waals surface area (Å²) in [5, 5.41) is 11.6. The van der Waals surface area contributed by atoms with Crippen LogP contribution in [0.25, 0.3) is 0 Å². The second-order valence-corrected chi connectivity index (χ2v) is 4.76. The van der Waals surface area contributed by atoms with Crippen LogP contribution in [0, 0.1) is 5.95 Å². The summed E-state index contributed by atoms with van der Waals surface area (Å²) in [6, 6.07) is 2.33. The molecule has 0 aliphatic carbocycles. The van der Waals surface area contributed by atoms with Gasteiger partial charge in [-0.3, -0.25) is 4.68 Å². The van der Waals surface area contributed by atoms with Crippen molar-refractivity contribution in [3.8, 4) is 0 Å². The summed E-state index contributed by atoms with van der Waals surface area (Å²) < 4.78 is 17.0. The van der Waals surface area contributed by atoms with E-state index in [0.29, 0.717) is 31.2 Å². The van der Waals surface area contributed by atoms with E-state index < -0.39 is 0 Å². The van der Waals surface area contributed by atoms with E-state index in [1.165, 1.54) is 4.68 Å². The van der Waals surface area contributed by atoms with Crippen molar-refractivity contribution in [2.24, 2.45) is 0 Å². The third kappa shape index (κ3) is 3.20. The molecule has 0 saturated heterocycles. The Morgan fingerprint density at radius 1 is 1.37 bits per heavy atom. The fourth-order valence-electron chi connectivity index (χ4n) is 1.83. The van der Waals surface area contributed by atoms with Crippen LogP contribution >= 0.6 is 0 Å². The molecule has 2 rings (SSSR count). The van der Waals surface area contributed by atoms with Gasteiger partial charge in [0.15, 0.2) is 0 Å². The maximum atomic E-state index is 13.7. The molecule has 2 heterocycles. The van der Waals surface area contributed by atoms with E-state index in [1.54, 1.807) is 6.20 Å². The number of hydrogen-bond acceptors (Lipinski definition) is 3. The van der Waals surface area contributed by atoms with Crippen molar-refractivity contribution in [1.82, 2.24) is 24.9 Å². The summed E-state index contributed by atoms with van der Waals surface area (Å²) in [4.78, 5) is 0. The first-order valence-corrected chi connectivity index (χ1v) is 6.56. The van der Waals surface area contributed by atoms with Gasteiger partial charge in [-0.2, -0.15) is 14.6 Å². The quantitative estimate of drug-likeness (QED) is 0.870. The molecular weight excluding hydrogens is 245 g/mol. The van der Waals surface area contributed by atoms with Gasteiger partial charge in [0.05, 0.1) is 11.9 Å². The monoisotopic (exact) mass is 265 g/mol. The summed E-state index contributed by atoms with van der Waals surface area (Å²) >= 11 is 0. The molecular formula is C13H20FN5. The molecule has 0 aromatic carbocycles. The maximum absolute atomic E-state index is 13.7. The third-order valence-electron chi connectivity index (χ3n) is 2.96. The van der Waals surface area contributed by atoms with Gasteiger partial charge in [0.2, 0.25) is 5.95 Å². The lowest BCUT2D eigenvalue weighted by Crippen LogP contribution is -2.14. The SMILES string of the molecule is CCn1ncc(CNCc2ccn(C(C)C)n2)c1F. The molecule has 0 unspecified atom stereocenters. The highest BCUT2D eigenvalue weighted by Gasteiger charge is 2.08. The Morgan fingerprint density at radius 3 is 2.74 bits per heavy atom. The van der Waals surface area contributed by atoms with Crippen LogP contribution < -0.4 is 5.32 Å². The number of aromatic nitrogens is 4. The van der Waals surface area contributed by atoms with E-state index in [4.69, 9.17) is 0 Å². The zero-order chi connectivity index (χ0) is 13.8. The van der Waals surface area contributed by atoms with E-state index in [1.807, 2.05) is 23.9 Å². The van der Waals surface area contributed by atoms with Gasteiger partial charge < -0.3 is 5.32 Å². The Morgan fingerprint density at radius 2 is 2.16 bits per heavy atom. The minimum Gasteiger partial charge on any atom is -0.307 e. The Balaban J connectivity index is 1.87. The maximum Gasteiger partial charge on any atom is 0.215 e. The number of hydrogen-bond donors (Lipinski definition) is 1. The van der Waals surface area contributed by atoms with Crippen molar-refractivity contribution in [2.75, 3.05) is 0 Å². The predicted molar refractivity (Wildman–Crippen MR) is 71.0 cm³/mol. The molecule has 104 valence electrons. The van der Waals surface area contributed by atoms with Crippen molar-refractivity contribution in [1.29, 1.82) is 0 Å². The van der Waals surface area contributed by atoms with E-state index >= 15 is 0 Å². The average Bonchev–Trinajstić information content (AvgIpc) is 2.98.